The van der Waals surface area contributed by atoms with Gasteiger partial charge in [-0.1, -0.05) is 0 Å². The van der Waals surface area contributed by atoms with Crippen LogP contribution in [0.15, 0.2) is 30.6 Å². The summed E-state index contributed by atoms with van der Waals surface area (Å²) in [5, 5.41) is 3.36. The maximum atomic E-state index is 12.9. The number of aryl methyl sites for hydroxylation is 2. The quantitative estimate of drug-likeness (QED) is 0.811. The first kappa shape index (κ1) is 21.1. The monoisotopic (exact) mass is 394 g/mol. The van der Waals surface area contributed by atoms with Gasteiger partial charge in [0, 0.05) is 51.6 Å². The van der Waals surface area contributed by atoms with Gasteiger partial charge in [-0.15, -0.1) is 12.4 Å². The number of carbonyl (C=O) groups excluding carboxylic acids is 1. The summed E-state index contributed by atoms with van der Waals surface area (Å²) in [4.78, 5) is 19.3. The highest BCUT2D eigenvalue weighted by Crippen LogP contribution is 2.25. The van der Waals surface area contributed by atoms with Gasteiger partial charge in [0.15, 0.2) is 0 Å². The summed E-state index contributed by atoms with van der Waals surface area (Å²) in [7, 11) is 5.21. The van der Waals surface area contributed by atoms with Crippen LogP contribution in [0.5, 0.6) is 11.5 Å². The molecule has 8 heteroatoms. The molecule has 1 aromatic heterocycles. The second-order valence-electron chi connectivity index (χ2n) is 6.42. The van der Waals surface area contributed by atoms with E-state index in [0.29, 0.717) is 19.4 Å². The van der Waals surface area contributed by atoms with Crippen molar-refractivity contribution in [3.05, 3.63) is 42.0 Å². The normalized spacial score (nSPS) is 16.6. The van der Waals surface area contributed by atoms with Crippen molar-refractivity contribution < 1.29 is 14.3 Å². The van der Waals surface area contributed by atoms with Gasteiger partial charge < -0.3 is 24.3 Å². The zero-order valence-electron chi connectivity index (χ0n) is 16.0. The molecule has 27 heavy (non-hydrogen) atoms. The average molecular weight is 395 g/mol. The van der Waals surface area contributed by atoms with Crippen molar-refractivity contribution in [3.8, 4) is 11.5 Å². The summed E-state index contributed by atoms with van der Waals surface area (Å²) in [6, 6.07) is 5.70. The molecule has 1 unspecified atom stereocenters. The lowest BCUT2D eigenvalue weighted by Gasteiger charge is -2.36. The Labute approximate surface area is 166 Å². The SMILES string of the molecule is COc1cc(CCC(=O)N2CCNCC2c2nccn2C)cc(OC)c1.Cl. The van der Waals surface area contributed by atoms with Gasteiger partial charge in [-0.3, -0.25) is 4.79 Å². The van der Waals surface area contributed by atoms with Gasteiger partial charge >= 0.3 is 0 Å². The van der Waals surface area contributed by atoms with E-state index >= 15 is 0 Å². The van der Waals surface area contributed by atoms with Crippen LogP contribution in [0.25, 0.3) is 0 Å². The number of imidazole rings is 1. The Balaban J connectivity index is 0.00000261. The molecule has 1 aromatic carbocycles. The molecule has 1 atom stereocenters. The van der Waals surface area contributed by atoms with E-state index in [4.69, 9.17) is 9.47 Å². The number of amides is 1. The molecular formula is C19H27ClN4O3. The van der Waals surface area contributed by atoms with Crippen LogP contribution in [0.4, 0.5) is 0 Å². The predicted octanol–water partition coefficient (Wildman–Crippen LogP) is 1.96. The van der Waals surface area contributed by atoms with Crippen LogP contribution in [0, 0.1) is 0 Å². The average Bonchev–Trinajstić information content (AvgIpc) is 3.11. The summed E-state index contributed by atoms with van der Waals surface area (Å²) in [5.74, 6) is 2.52. The van der Waals surface area contributed by atoms with Crippen LogP contribution in [0.2, 0.25) is 0 Å². The number of nitrogens with one attached hydrogen (secondary N) is 1. The first-order valence-electron chi connectivity index (χ1n) is 8.81. The Morgan fingerprint density at radius 1 is 1.26 bits per heavy atom. The van der Waals surface area contributed by atoms with Gasteiger partial charge in [-0.25, -0.2) is 4.98 Å². The second kappa shape index (κ2) is 9.62. The molecule has 1 amide bonds. The fraction of sp³-hybridized carbons (Fsp3) is 0.474. The smallest absolute Gasteiger partial charge is 0.223 e. The third-order valence-corrected chi connectivity index (χ3v) is 4.76. The zero-order chi connectivity index (χ0) is 18.5. The maximum Gasteiger partial charge on any atom is 0.223 e. The van der Waals surface area contributed by atoms with E-state index in [2.05, 4.69) is 10.3 Å². The van der Waals surface area contributed by atoms with E-state index in [1.165, 1.54) is 0 Å². The number of methoxy groups -OCH3 is 2. The summed E-state index contributed by atoms with van der Waals surface area (Å²) in [6.07, 6.45) is 4.77. The maximum absolute atomic E-state index is 12.9. The minimum absolute atomic E-state index is 0. The number of hydrogen-bond acceptors (Lipinski definition) is 5. The Morgan fingerprint density at radius 3 is 2.56 bits per heavy atom. The molecule has 1 fully saturated rings. The minimum Gasteiger partial charge on any atom is -0.497 e. The molecule has 0 aliphatic carbocycles. The number of rotatable bonds is 6. The first-order chi connectivity index (χ1) is 12.6. The Morgan fingerprint density at radius 2 is 1.96 bits per heavy atom. The van der Waals surface area contributed by atoms with Gasteiger partial charge in [-0.2, -0.15) is 0 Å². The number of aromatic nitrogens is 2. The standard InChI is InChI=1S/C19H26N4O3.ClH/c1-22-8-7-21-19(22)17-13-20-6-9-23(17)18(24)5-4-14-10-15(25-2)12-16(11-14)26-3;/h7-8,10-12,17,20H,4-6,9,13H2,1-3H3;1H. The van der Waals surface area contributed by atoms with Crippen molar-refractivity contribution in [1.29, 1.82) is 0 Å². The summed E-state index contributed by atoms with van der Waals surface area (Å²) >= 11 is 0. The Kier molecular flexibility index (Phi) is 7.50. The van der Waals surface area contributed by atoms with Crippen LogP contribution in [0.3, 0.4) is 0 Å². The van der Waals surface area contributed by atoms with Crippen molar-refractivity contribution in [1.82, 2.24) is 19.8 Å². The number of hydrogen-bond donors (Lipinski definition) is 1. The zero-order valence-corrected chi connectivity index (χ0v) is 16.8. The Hall–Kier alpha value is -2.25. The number of halogens is 1. The fourth-order valence-corrected chi connectivity index (χ4v) is 3.34. The van der Waals surface area contributed by atoms with E-state index < -0.39 is 0 Å². The van der Waals surface area contributed by atoms with Crippen LogP contribution in [0.1, 0.15) is 23.9 Å². The Bertz CT molecular complexity index is 743. The van der Waals surface area contributed by atoms with Crippen LogP contribution in [-0.4, -0.2) is 54.2 Å². The molecule has 0 radical (unpaired) electrons. The highest BCUT2D eigenvalue weighted by molar-refractivity contribution is 5.85. The van der Waals surface area contributed by atoms with Crippen molar-refractivity contribution in [2.24, 2.45) is 7.05 Å². The van der Waals surface area contributed by atoms with Crippen molar-refractivity contribution in [3.63, 3.8) is 0 Å². The molecule has 3 rings (SSSR count). The molecule has 2 heterocycles. The van der Waals surface area contributed by atoms with Gasteiger partial charge in [0.25, 0.3) is 0 Å². The lowest BCUT2D eigenvalue weighted by molar-refractivity contribution is -0.134. The molecule has 1 saturated heterocycles. The molecule has 1 aliphatic heterocycles. The summed E-state index contributed by atoms with van der Waals surface area (Å²) in [5.41, 5.74) is 1.03. The number of nitrogens with zero attached hydrogens (tertiary/aromatic N) is 3. The molecule has 148 valence electrons. The first-order valence-corrected chi connectivity index (χ1v) is 8.81. The third-order valence-electron chi connectivity index (χ3n) is 4.76. The van der Waals surface area contributed by atoms with Gasteiger partial charge in [0.05, 0.1) is 14.2 Å². The van der Waals surface area contributed by atoms with E-state index in [1.54, 1.807) is 20.4 Å². The molecule has 2 aromatic rings. The minimum atomic E-state index is -0.0314. The second-order valence-corrected chi connectivity index (χ2v) is 6.42. The summed E-state index contributed by atoms with van der Waals surface area (Å²) in [6.45, 7) is 2.22. The number of ether oxygens (including phenoxy) is 2. The number of benzene rings is 1. The van der Waals surface area contributed by atoms with E-state index in [9.17, 15) is 4.79 Å². The van der Waals surface area contributed by atoms with Gasteiger partial charge in [-0.05, 0) is 24.1 Å². The molecular weight excluding hydrogens is 368 g/mol. The highest BCUT2D eigenvalue weighted by atomic mass is 35.5. The largest absolute Gasteiger partial charge is 0.497 e. The lowest BCUT2D eigenvalue weighted by Crippen LogP contribution is -2.49. The summed E-state index contributed by atoms with van der Waals surface area (Å²) < 4.78 is 12.6. The van der Waals surface area contributed by atoms with Crippen LogP contribution < -0.4 is 14.8 Å². The van der Waals surface area contributed by atoms with Crippen LogP contribution in [-0.2, 0) is 18.3 Å². The molecule has 0 bridgehead atoms. The number of carbonyl (C=O) groups is 1. The van der Waals surface area contributed by atoms with E-state index in [0.717, 1.165) is 36.0 Å². The molecule has 1 N–H and O–H groups in total. The number of piperazine rings is 1. The highest BCUT2D eigenvalue weighted by Gasteiger charge is 2.30. The third kappa shape index (κ3) is 4.93. The van der Waals surface area contributed by atoms with Crippen molar-refractivity contribution in [2.45, 2.75) is 18.9 Å². The van der Waals surface area contributed by atoms with Crippen molar-refractivity contribution >= 4 is 18.3 Å². The van der Waals surface area contributed by atoms with E-state index in [1.807, 2.05) is 40.9 Å². The molecule has 0 spiro atoms. The van der Waals surface area contributed by atoms with Gasteiger partial charge in [0.1, 0.15) is 23.4 Å². The predicted molar refractivity (Wildman–Crippen MR) is 106 cm³/mol. The lowest BCUT2D eigenvalue weighted by atomic mass is 10.1. The molecule has 0 saturated carbocycles. The van der Waals surface area contributed by atoms with Crippen LogP contribution >= 0.6 is 12.4 Å². The topological polar surface area (TPSA) is 68.6 Å². The molecule has 1 aliphatic rings. The van der Waals surface area contributed by atoms with Gasteiger partial charge in [0.2, 0.25) is 5.91 Å². The van der Waals surface area contributed by atoms with Crippen molar-refractivity contribution in [2.75, 3.05) is 33.9 Å². The fourth-order valence-electron chi connectivity index (χ4n) is 3.34. The van der Waals surface area contributed by atoms with E-state index in [-0.39, 0.29) is 24.4 Å². The molecule has 7 nitrogen and oxygen atoms in total.